The van der Waals surface area contributed by atoms with Crippen LogP contribution < -0.4 is 5.32 Å². The Kier molecular flexibility index (Phi) is 4.86. The van der Waals surface area contributed by atoms with Gasteiger partial charge in [-0.3, -0.25) is 0 Å². The van der Waals surface area contributed by atoms with Gasteiger partial charge in [-0.25, -0.2) is 4.98 Å². The summed E-state index contributed by atoms with van der Waals surface area (Å²) in [5.74, 6) is 1.78. The summed E-state index contributed by atoms with van der Waals surface area (Å²) in [4.78, 5) is 7.00. The van der Waals surface area contributed by atoms with E-state index < -0.39 is 0 Å². The monoisotopic (exact) mass is 311 g/mol. The number of anilines is 1. The number of hydrogen-bond donors (Lipinski definition) is 1. The molecule has 1 N–H and O–H groups in total. The molecule has 5 nitrogen and oxygen atoms in total. The van der Waals surface area contributed by atoms with Gasteiger partial charge in [0.25, 0.3) is 0 Å². The van der Waals surface area contributed by atoms with Crippen molar-refractivity contribution in [2.45, 2.75) is 38.6 Å². The normalized spacial score (nSPS) is 17.9. The van der Waals surface area contributed by atoms with E-state index in [1.165, 1.54) is 5.56 Å². The number of nitrogens with one attached hydrogen (secondary N) is 1. The van der Waals surface area contributed by atoms with Crippen LogP contribution in [0.1, 0.15) is 42.8 Å². The quantitative estimate of drug-likeness (QED) is 0.941. The van der Waals surface area contributed by atoms with Crippen molar-refractivity contribution >= 4 is 5.82 Å². The molecule has 1 fully saturated rings. The van der Waals surface area contributed by atoms with Gasteiger partial charge >= 0.3 is 0 Å². The summed E-state index contributed by atoms with van der Waals surface area (Å²) in [5, 5.41) is 12.3. The first-order valence-corrected chi connectivity index (χ1v) is 8.34. The Balaban J connectivity index is 1.83. The maximum Gasteiger partial charge on any atom is 0.152 e. The number of nitrogens with zero attached hydrogens (tertiary/aromatic N) is 4. The van der Waals surface area contributed by atoms with E-state index in [1.807, 2.05) is 13.0 Å². The summed E-state index contributed by atoms with van der Waals surface area (Å²) in [6.45, 7) is 6.30. The summed E-state index contributed by atoms with van der Waals surface area (Å²) in [6.07, 6.45) is 2.28. The highest BCUT2D eigenvalue weighted by atomic mass is 15.2. The Hall–Kier alpha value is -2.01. The number of benzene rings is 1. The fraction of sp³-hybridized carbons (Fsp3) is 0.500. The van der Waals surface area contributed by atoms with Crippen LogP contribution in [0.15, 0.2) is 30.3 Å². The van der Waals surface area contributed by atoms with E-state index in [0.29, 0.717) is 11.9 Å². The van der Waals surface area contributed by atoms with E-state index in [1.54, 1.807) is 0 Å². The first-order chi connectivity index (χ1) is 11.1. The van der Waals surface area contributed by atoms with Crippen molar-refractivity contribution in [2.75, 3.05) is 25.5 Å². The predicted molar refractivity (Wildman–Crippen MR) is 92.7 cm³/mol. The van der Waals surface area contributed by atoms with Crippen LogP contribution in [0.2, 0.25) is 0 Å². The number of aryl methyl sites for hydroxylation is 1. The van der Waals surface area contributed by atoms with E-state index >= 15 is 0 Å². The summed E-state index contributed by atoms with van der Waals surface area (Å²) in [5.41, 5.74) is 2.17. The molecule has 2 aromatic rings. The second-order valence-corrected chi connectivity index (χ2v) is 6.45. The number of likely N-dealkylation sites (tertiary alicyclic amines) is 1. The van der Waals surface area contributed by atoms with E-state index in [4.69, 9.17) is 0 Å². The molecule has 1 aromatic heterocycles. The van der Waals surface area contributed by atoms with Crippen LogP contribution in [-0.2, 0) is 0 Å². The molecule has 3 rings (SSSR count). The van der Waals surface area contributed by atoms with Crippen LogP contribution in [0.4, 0.5) is 5.82 Å². The molecule has 2 heterocycles. The minimum atomic E-state index is 0.172. The van der Waals surface area contributed by atoms with Gasteiger partial charge in [0.1, 0.15) is 11.5 Å². The van der Waals surface area contributed by atoms with Crippen LogP contribution in [0.3, 0.4) is 0 Å². The summed E-state index contributed by atoms with van der Waals surface area (Å²) in [7, 11) is 2.18. The third-order valence-corrected chi connectivity index (χ3v) is 4.59. The average Bonchev–Trinajstić information content (AvgIpc) is 2.57. The molecule has 1 aliphatic rings. The van der Waals surface area contributed by atoms with E-state index in [-0.39, 0.29) is 5.92 Å². The molecule has 0 amide bonds. The smallest absolute Gasteiger partial charge is 0.152 e. The van der Waals surface area contributed by atoms with E-state index in [0.717, 1.165) is 37.4 Å². The summed E-state index contributed by atoms with van der Waals surface area (Å²) in [6, 6.07) is 10.9. The average molecular weight is 311 g/mol. The minimum absolute atomic E-state index is 0.172. The molecule has 1 aromatic carbocycles. The number of hydrogen-bond acceptors (Lipinski definition) is 5. The fourth-order valence-corrected chi connectivity index (χ4v) is 3.06. The Morgan fingerprint density at radius 1 is 1.13 bits per heavy atom. The third-order valence-electron chi connectivity index (χ3n) is 4.59. The third kappa shape index (κ3) is 3.85. The van der Waals surface area contributed by atoms with Crippen molar-refractivity contribution in [3.05, 3.63) is 47.4 Å². The van der Waals surface area contributed by atoms with Crippen molar-refractivity contribution < 1.29 is 0 Å². The lowest BCUT2D eigenvalue weighted by atomic mass is 9.97. The van der Waals surface area contributed by atoms with Crippen molar-refractivity contribution in [1.82, 2.24) is 20.1 Å². The van der Waals surface area contributed by atoms with Crippen molar-refractivity contribution in [1.29, 1.82) is 0 Å². The molecule has 0 saturated carbocycles. The molecule has 0 radical (unpaired) electrons. The molecule has 0 unspecified atom stereocenters. The maximum atomic E-state index is 4.63. The molecule has 0 aliphatic carbocycles. The maximum absolute atomic E-state index is 4.63. The molecule has 1 atom stereocenters. The zero-order valence-electron chi connectivity index (χ0n) is 14.2. The largest absolute Gasteiger partial charge is 0.366 e. The highest BCUT2D eigenvalue weighted by Gasteiger charge is 2.21. The molecular formula is C18H25N5. The molecule has 1 aliphatic heterocycles. The van der Waals surface area contributed by atoms with Gasteiger partial charge in [-0.05, 0) is 45.5 Å². The molecule has 23 heavy (non-hydrogen) atoms. The Morgan fingerprint density at radius 2 is 1.83 bits per heavy atom. The fourth-order valence-electron chi connectivity index (χ4n) is 3.06. The molecule has 0 spiro atoms. The molecule has 1 saturated heterocycles. The second kappa shape index (κ2) is 7.04. The highest BCUT2D eigenvalue weighted by Crippen LogP contribution is 2.27. The first-order valence-electron chi connectivity index (χ1n) is 8.34. The van der Waals surface area contributed by atoms with Gasteiger partial charge in [-0.2, -0.15) is 0 Å². The van der Waals surface area contributed by atoms with Gasteiger partial charge in [0.2, 0.25) is 0 Å². The summed E-state index contributed by atoms with van der Waals surface area (Å²) < 4.78 is 0. The van der Waals surface area contributed by atoms with Crippen molar-refractivity contribution in [2.24, 2.45) is 0 Å². The van der Waals surface area contributed by atoms with Gasteiger partial charge in [0.05, 0.1) is 0 Å². The number of aromatic nitrogens is 3. The molecular weight excluding hydrogens is 286 g/mol. The first kappa shape index (κ1) is 15.9. The highest BCUT2D eigenvalue weighted by molar-refractivity contribution is 5.46. The van der Waals surface area contributed by atoms with Crippen LogP contribution in [-0.4, -0.2) is 46.3 Å². The number of piperidine rings is 1. The Morgan fingerprint density at radius 3 is 2.52 bits per heavy atom. The second-order valence-electron chi connectivity index (χ2n) is 6.45. The lowest BCUT2D eigenvalue weighted by molar-refractivity contribution is 0.263. The lowest BCUT2D eigenvalue weighted by Gasteiger charge is -2.30. The van der Waals surface area contributed by atoms with Crippen LogP contribution in [0.5, 0.6) is 0 Å². The van der Waals surface area contributed by atoms with Gasteiger partial charge < -0.3 is 10.2 Å². The van der Waals surface area contributed by atoms with Crippen molar-refractivity contribution in [3.63, 3.8) is 0 Å². The minimum Gasteiger partial charge on any atom is -0.366 e. The van der Waals surface area contributed by atoms with Gasteiger partial charge in [-0.15, -0.1) is 10.2 Å². The Bertz CT molecular complexity index is 635. The zero-order valence-corrected chi connectivity index (χ0v) is 14.2. The van der Waals surface area contributed by atoms with Crippen LogP contribution in [0, 0.1) is 6.92 Å². The SMILES string of the molecule is Cc1nnc([C@@H](C)c2ccccc2)c(NC2CCN(C)CC2)n1. The van der Waals surface area contributed by atoms with Crippen molar-refractivity contribution in [3.8, 4) is 0 Å². The molecule has 0 bridgehead atoms. The van der Waals surface area contributed by atoms with Crippen LogP contribution >= 0.6 is 0 Å². The summed E-state index contributed by atoms with van der Waals surface area (Å²) >= 11 is 0. The van der Waals surface area contributed by atoms with Gasteiger partial charge in [0.15, 0.2) is 5.82 Å². The number of rotatable bonds is 4. The topological polar surface area (TPSA) is 53.9 Å². The lowest BCUT2D eigenvalue weighted by Crippen LogP contribution is -2.37. The molecule has 5 heteroatoms. The standard InChI is InChI=1S/C18H25N5/c1-13(15-7-5-4-6-8-15)17-18(19-14(2)21-22-17)20-16-9-11-23(3)12-10-16/h4-8,13,16H,9-12H2,1-3H3,(H,19,20,21)/t13-/m0/s1. The van der Waals surface area contributed by atoms with Gasteiger partial charge in [0, 0.05) is 12.0 Å². The van der Waals surface area contributed by atoms with Gasteiger partial charge in [-0.1, -0.05) is 37.3 Å². The zero-order chi connectivity index (χ0) is 16.2. The predicted octanol–water partition coefficient (Wildman–Crippen LogP) is 2.84. The molecule has 122 valence electrons. The van der Waals surface area contributed by atoms with E-state index in [9.17, 15) is 0 Å². The van der Waals surface area contributed by atoms with E-state index in [2.05, 4.69) is 63.6 Å². The van der Waals surface area contributed by atoms with Crippen LogP contribution in [0.25, 0.3) is 0 Å². The Labute approximate surface area is 138 Å².